The number of nitrogens with one attached hydrogen (secondary N) is 2. The fraction of sp³-hybridized carbons (Fsp3) is 0.600. The molecule has 1 aromatic rings. The van der Waals surface area contributed by atoms with E-state index in [0.717, 1.165) is 50.3 Å². The zero-order valence-electron chi connectivity index (χ0n) is 17.1. The van der Waals surface area contributed by atoms with E-state index in [4.69, 9.17) is 11.6 Å². The van der Waals surface area contributed by atoms with Crippen molar-refractivity contribution in [1.29, 1.82) is 0 Å². The highest BCUT2D eigenvalue weighted by Gasteiger charge is 2.19. The average Bonchev–Trinajstić information content (AvgIpc) is 2.64. The zero-order chi connectivity index (χ0) is 19.6. The van der Waals surface area contributed by atoms with E-state index in [1.165, 1.54) is 5.56 Å². The molecule has 1 amide bonds. The van der Waals surface area contributed by atoms with Gasteiger partial charge in [-0.1, -0.05) is 37.6 Å². The van der Waals surface area contributed by atoms with Crippen LogP contribution >= 0.6 is 35.6 Å². The van der Waals surface area contributed by atoms with Gasteiger partial charge < -0.3 is 15.5 Å². The topological polar surface area (TPSA) is 60.0 Å². The number of carbonyl (C=O) groups is 1. The first kappa shape index (κ1) is 25.0. The minimum absolute atomic E-state index is 0. The van der Waals surface area contributed by atoms with Crippen molar-refractivity contribution in [2.75, 3.05) is 45.8 Å². The molecule has 0 radical (unpaired) electrons. The first-order valence-electron chi connectivity index (χ1n) is 9.77. The Morgan fingerprint density at radius 1 is 1.21 bits per heavy atom. The van der Waals surface area contributed by atoms with Crippen molar-refractivity contribution in [2.45, 2.75) is 27.3 Å². The number of hydrogen-bond acceptors (Lipinski definition) is 3. The lowest BCUT2D eigenvalue weighted by atomic mass is 10.2. The van der Waals surface area contributed by atoms with Crippen molar-refractivity contribution in [2.24, 2.45) is 10.9 Å². The van der Waals surface area contributed by atoms with Crippen LogP contribution in [0.25, 0.3) is 0 Å². The van der Waals surface area contributed by atoms with Crippen molar-refractivity contribution in [3.05, 3.63) is 34.9 Å². The Morgan fingerprint density at radius 3 is 2.54 bits per heavy atom. The molecule has 1 aliphatic rings. The van der Waals surface area contributed by atoms with Crippen LogP contribution in [0, 0.1) is 5.92 Å². The number of halogens is 2. The molecule has 0 atom stereocenters. The monoisotopic (exact) mass is 521 g/mol. The lowest BCUT2D eigenvalue weighted by Crippen LogP contribution is -2.52. The van der Waals surface area contributed by atoms with E-state index in [9.17, 15) is 4.79 Å². The third-order valence-electron chi connectivity index (χ3n) is 4.50. The maximum atomic E-state index is 11.6. The van der Waals surface area contributed by atoms with Gasteiger partial charge in [0.15, 0.2) is 5.96 Å². The van der Waals surface area contributed by atoms with E-state index in [0.29, 0.717) is 13.1 Å². The Balaban J connectivity index is 0.00000392. The molecule has 0 bridgehead atoms. The molecule has 28 heavy (non-hydrogen) atoms. The molecule has 158 valence electrons. The predicted octanol–water partition coefficient (Wildman–Crippen LogP) is 2.81. The maximum Gasteiger partial charge on any atom is 0.222 e. The Kier molecular flexibility index (Phi) is 11.8. The number of guanidine groups is 1. The summed E-state index contributed by atoms with van der Waals surface area (Å²) < 4.78 is 0. The van der Waals surface area contributed by atoms with Gasteiger partial charge in [-0.3, -0.25) is 14.7 Å². The van der Waals surface area contributed by atoms with Crippen LogP contribution < -0.4 is 10.6 Å². The summed E-state index contributed by atoms with van der Waals surface area (Å²) in [4.78, 5) is 21.0. The summed E-state index contributed by atoms with van der Waals surface area (Å²) >= 11 is 6.08. The molecule has 1 aliphatic heterocycles. The summed E-state index contributed by atoms with van der Waals surface area (Å²) in [5, 5.41) is 7.06. The standard InChI is InChI=1S/C20H32ClN5O.HI/c1-4-22-20(24-9-8-23-19(27)16(2)3)26-12-10-25(11-13-26)15-17-6-5-7-18(21)14-17;/h5-7,14,16H,4,8-13,15H2,1-3H3,(H,22,24)(H,23,27);1H. The van der Waals surface area contributed by atoms with Crippen LogP contribution in [0.3, 0.4) is 0 Å². The fourth-order valence-electron chi connectivity index (χ4n) is 2.98. The van der Waals surface area contributed by atoms with Crippen molar-refractivity contribution >= 4 is 47.4 Å². The van der Waals surface area contributed by atoms with E-state index in [1.54, 1.807) is 0 Å². The number of piperazine rings is 1. The summed E-state index contributed by atoms with van der Waals surface area (Å²) in [5.41, 5.74) is 1.25. The molecule has 2 rings (SSSR count). The van der Waals surface area contributed by atoms with Crippen LogP contribution in [0.2, 0.25) is 5.02 Å². The molecule has 1 fully saturated rings. The molecule has 0 unspecified atom stereocenters. The van der Waals surface area contributed by atoms with Gasteiger partial charge in [0, 0.05) is 56.8 Å². The van der Waals surface area contributed by atoms with E-state index in [-0.39, 0.29) is 35.8 Å². The summed E-state index contributed by atoms with van der Waals surface area (Å²) in [6, 6.07) is 8.06. The second kappa shape index (κ2) is 13.2. The quantitative estimate of drug-likeness (QED) is 0.251. The summed E-state index contributed by atoms with van der Waals surface area (Å²) in [5.74, 6) is 1.01. The lowest BCUT2D eigenvalue weighted by molar-refractivity contribution is -0.123. The third kappa shape index (κ3) is 8.53. The number of nitrogens with zero attached hydrogens (tertiary/aromatic N) is 3. The summed E-state index contributed by atoms with van der Waals surface area (Å²) in [6.07, 6.45) is 0. The fourth-order valence-corrected chi connectivity index (χ4v) is 3.20. The molecule has 1 aromatic carbocycles. The van der Waals surface area contributed by atoms with Gasteiger partial charge >= 0.3 is 0 Å². The van der Waals surface area contributed by atoms with E-state index in [2.05, 4.69) is 38.4 Å². The van der Waals surface area contributed by atoms with E-state index < -0.39 is 0 Å². The Hall–Kier alpha value is -1.06. The van der Waals surface area contributed by atoms with Gasteiger partial charge in [-0.25, -0.2) is 0 Å². The van der Waals surface area contributed by atoms with Crippen LogP contribution in [-0.4, -0.2) is 67.5 Å². The van der Waals surface area contributed by atoms with Gasteiger partial charge in [-0.05, 0) is 24.6 Å². The van der Waals surface area contributed by atoms with Gasteiger partial charge in [0.25, 0.3) is 0 Å². The van der Waals surface area contributed by atoms with Crippen molar-refractivity contribution in [3.63, 3.8) is 0 Å². The molecule has 0 spiro atoms. The van der Waals surface area contributed by atoms with Crippen LogP contribution in [-0.2, 0) is 11.3 Å². The lowest BCUT2D eigenvalue weighted by Gasteiger charge is -2.36. The second-order valence-electron chi connectivity index (χ2n) is 7.07. The molecule has 1 saturated heterocycles. The Morgan fingerprint density at radius 2 is 1.93 bits per heavy atom. The molecule has 6 nitrogen and oxygen atoms in total. The average molecular weight is 522 g/mol. The largest absolute Gasteiger partial charge is 0.357 e. The van der Waals surface area contributed by atoms with Crippen LogP contribution in [0.15, 0.2) is 29.3 Å². The molecular formula is C20H33ClIN5O. The van der Waals surface area contributed by atoms with Crippen LogP contribution in [0.4, 0.5) is 0 Å². The normalized spacial score (nSPS) is 15.3. The molecule has 2 N–H and O–H groups in total. The molecule has 0 saturated carbocycles. The highest BCUT2D eigenvalue weighted by molar-refractivity contribution is 14.0. The molecule has 0 aliphatic carbocycles. The number of hydrogen-bond donors (Lipinski definition) is 2. The van der Waals surface area contributed by atoms with Gasteiger partial charge in [-0.2, -0.15) is 0 Å². The van der Waals surface area contributed by atoms with Crippen molar-refractivity contribution in [3.8, 4) is 0 Å². The Bertz CT molecular complexity index is 633. The van der Waals surface area contributed by atoms with Crippen molar-refractivity contribution < 1.29 is 4.79 Å². The first-order chi connectivity index (χ1) is 13.0. The molecular weight excluding hydrogens is 489 g/mol. The molecule has 8 heteroatoms. The van der Waals surface area contributed by atoms with Crippen LogP contribution in [0.1, 0.15) is 26.3 Å². The van der Waals surface area contributed by atoms with Gasteiger partial charge in [0.05, 0.1) is 6.54 Å². The first-order valence-corrected chi connectivity index (χ1v) is 10.1. The van der Waals surface area contributed by atoms with Crippen LogP contribution in [0.5, 0.6) is 0 Å². The minimum Gasteiger partial charge on any atom is -0.357 e. The highest BCUT2D eigenvalue weighted by atomic mass is 127. The van der Waals surface area contributed by atoms with E-state index >= 15 is 0 Å². The summed E-state index contributed by atoms with van der Waals surface area (Å²) in [6.45, 7) is 12.6. The highest BCUT2D eigenvalue weighted by Crippen LogP contribution is 2.14. The number of aliphatic imine (C=N–C) groups is 1. The number of amides is 1. The number of rotatable bonds is 7. The van der Waals surface area contributed by atoms with Crippen molar-refractivity contribution in [1.82, 2.24) is 20.4 Å². The van der Waals surface area contributed by atoms with Gasteiger partial charge in [0.1, 0.15) is 0 Å². The third-order valence-corrected chi connectivity index (χ3v) is 4.73. The molecule has 0 aromatic heterocycles. The Labute approximate surface area is 191 Å². The van der Waals surface area contributed by atoms with Gasteiger partial charge in [0.2, 0.25) is 5.91 Å². The van der Waals surface area contributed by atoms with E-state index in [1.807, 2.05) is 32.0 Å². The number of carbonyl (C=O) groups excluding carboxylic acids is 1. The predicted molar refractivity (Wildman–Crippen MR) is 128 cm³/mol. The zero-order valence-corrected chi connectivity index (χ0v) is 20.2. The molecule has 1 heterocycles. The SMILES string of the molecule is CCNC(=NCCNC(=O)C(C)C)N1CCN(Cc2cccc(Cl)c2)CC1.I. The van der Waals surface area contributed by atoms with Gasteiger partial charge in [-0.15, -0.1) is 24.0 Å². The maximum absolute atomic E-state index is 11.6. The summed E-state index contributed by atoms with van der Waals surface area (Å²) in [7, 11) is 0. The smallest absolute Gasteiger partial charge is 0.222 e. The minimum atomic E-state index is 0. The number of benzene rings is 1. The second-order valence-corrected chi connectivity index (χ2v) is 7.51.